The molecule has 2 unspecified atom stereocenters. The minimum Gasteiger partial charge on any atom is -0.450 e. The summed E-state index contributed by atoms with van der Waals surface area (Å²) in [5.74, 6) is 0.0466. The van der Waals surface area contributed by atoms with Crippen LogP contribution < -0.4 is 0 Å². The molecule has 28 heavy (non-hydrogen) atoms. The first-order valence-electron chi connectivity index (χ1n) is 9.87. The van der Waals surface area contributed by atoms with Gasteiger partial charge in [0.25, 0.3) is 0 Å². The number of hydrogen-bond donors (Lipinski definition) is 0. The van der Waals surface area contributed by atoms with E-state index in [9.17, 15) is 9.59 Å². The van der Waals surface area contributed by atoms with Crippen LogP contribution in [-0.2, 0) is 22.4 Å². The Balaban J connectivity index is 1.87. The fourth-order valence-electron chi connectivity index (χ4n) is 4.03. The molecule has 0 aromatic heterocycles. The molecule has 5 heteroatoms. The lowest BCUT2D eigenvalue weighted by Gasteiger charge is -2.46. The number of amides is 2. The molecule has 1 fully saturated rings. The Morgan fingerprint density at radius 2 is 1.36 bits per heavy atom. The van der Waals surface area contributed by atoms with E-state index in [1.807, 2.05) is 48.2 Å². The van der Waals surface area contributed by atoms with Gasteiger partial charge >= 0.3 is 6.09 Å². The Morgan fingerprint density at radius 3 is 1.75 bits per heavy atom. The highest BCUT2D eigenvalue weighted by Crippen LogP contribution is 2.23. The summed E-state index contributed by atoms with van der Waals surface area (Å²) in [6.07, 6.45) is 1.12. The lowest BCUT2D eigenvalue weighted by atomic mass is 9.95. The van der Waals surface area contributed by atoms with Crippen molar-refractivity contribution in [2.24, 2.45) is 0 Å². The SMILES string of the molecule is CCOC(=O)N1CC(Cc2ccccc2)N(C(C)=O)C(Cc2ccccc2)C1. The first kappa shape index (κ1) is 19.9. The van der Waals surface area contributed by atoms with Crippen LogP contribution in [-0.4, -0.2) is 53.6 Å². The van der Waals surface area contributed by atoms with Crippen molar-refractivity contribution in [2.45, 2.75) is 38.8 Å². The number of piperazine rings is 1. The van der Waals surface area contributed by atoms with E-state index in [0.29, 0.717) is 32.5 Å². The van der Waals surface area contributed by atoms with E-state index in [0.717, 1.165) is 11.1 Å². The van der Waals surface area contributed by atoms with E-state index in [1.165, 1.54) is 0 Å². The molecule has 0 radical (unpaired) electrons. The normalized spacial score (nSPS) is 19.4. The summed E-state index contributed by atoms with van der Waals surface area (Å²) in [6.45, 7) is 4.75. The van der Waals surface area contributed by atoms with Crippen LogP contribution >= 0.6 is 0 Å². The van der Waals surface area contributed by atoms with E-state index in [2.05, 4.69) is 24.3 Å². The number of ether oxygens (including phenoxy) is 1. The van der Waals surface area contributed by atoms with Crippen LogP contribution in [0, 0.1) is 0 Å². The van der Waals surface area contributed by atoms with Crippen LogP contribution in [0.25, 0.3) is 0 Å². The molecule has 5 nitrogen and oxygen atoms in total. The summed E-state index contributed by atoms with van der Waals surface area (Å²) in [4.78, 5) is 28.8. The Hall–Kier alpha value is -2.82. The van der Waals surface area contributed by atoms with Gasteiger partial charge in [-0.2, -0.15) is 0 Å². The summed E-state index contributed by atoms with van der Waals surface area (Å²) in [7, 11) is 0. The highest BCUT2D eigenvalue weighted by molar-refractivity contribution is 5.75. The average molecular weight is 380 g/mol. The third-order valence-corrected chi connectivity index (χ3v) is 5.17. The van der Waals surface area contributed by atoms with Gasteiger partial charge in [-0.05, 0) is 30.9 Å². The molecule has 2 aromatic rings. The predicted octanol–water partition coefficient (Wildman–Crippen LogP) is 3.53. The zero-order valence-electron chi connectivity index (χ0n) is 16.6. The molecule has 0 saturated carbocycles. The van der Waals surface area contributed by atoms with Crippen molar-refractivity contribution in [3.8, 4) is 0 Å². The largest absolute Gasteiger partial charge is 0.450 e. The third kappa shape index (κ3) is 4.91. The molecule has 0 bridgehead atoms. The Bertz CT molecular complexity index is 727. The van der Waals surface area contributed by atoms with Gasteiger partial charge in [0.1, 0.15) is 0 Å². The summed E-state index contributed by atoms with van der Waals surface area (Å²) >= 11 is 0. The van der Waals surface area contributed by atoms with E-state index < -0.39 is 0 Å². The van der Waals surface area contributed by atoms with Crippen molar-refractivity contribution in [1.29, 1.82) is 0 Å². The maximum atomic E-state index is 12.6. The van der Waals surface area contributed by atoms with Crippen molar-refractivity contribution < 1.29 is 14.3 Å². The van der Waals surface area contributed by atoms with Crippen molar-refractivity contribution in [2.75, 3.05) is 19.7 Å². The number of carbonyl (C=O) groups excluding carboxylic acids is 2. The lowest BCUT2D eigenvalue weighted by Crippen LogP contribution is -2.62. The van der Waals surface area contributed by atoms with Gasteiger partial charge in [-0.15, -0.1) is 0 Å². The number of rotatable bonds is 5. The zero-order valence-corrected chi connectivity index (χ0v) is 16.6. The van der Waals surface area contributed by atoms with E-state index in [4.69, 9.17) is 4.74 Å². The van der Waals surface area contributed by atoms with Crippen LogP contribution in [0.1, 0.15) is 25.0 Å². The molecule has 0 aliphatic carbocycles. The zero-order chi connectivity index (χ0) is 19.9. The molecule has 2 atom stereocenters. The average Bonchev–Trinajstić information content (AvgIpc) is 2.69. The molecule has 1 aliphatic rings. The van der Waals surface area contributed by atoms with Gasteiger partial charge in [0.2, 0.25) is 5.91 Å². The highest BCUT2D eigenvalue weighted by atomic mass is 16.6. The van der Waals surface area contributed by atoms with E-state index in [1.54, 1.807) is 11.8 Å². The maximum absolute atomic E-state index is 12.6. The van der Waals surface area contributed by atoms with Crippen LogP contribution in [0.5, 0.6) is 0 Å². The Morgan fingerprint density at radius 1 is 0.893 bits per heavy atom. The number of hydrogen-bond acceptors (Lipinski definition) is 3. The first-order valence-corrected chi connectivity index (χ1v) is 9.87. The van der Waals surface area contributed by atoms with E-state index >= 15 is 0 Å². The topological polar surface area (TPSA) is 49.9 Å². The molecule has 0 N–H and O–H groups in total. The molecule has 2 amide bonds. The standard InChI is InChI=1S/C23H28N2O3/c1-3-28-23(27)24-16-21(14-19-10-6-4-7-11-19)25(18(2)26)22(17-24)15-20-12-8-5-9-13-20/h4-13,21-22H,3,14-17H2,1-2H3. The van der Waals surface area contributed by atoms with Crippen LogP contribution in [0.4, 0.5) is 4.79 Å². The number of nitrogens with zero attached hydrogens (tertiary/aromatic N) is 2. The molecule has 1 saturated heterocycles. The fourth-order valence-corrected chi connectivity index (χ4v) is 4.03. The maximum Gasteiger partial charge on any atom is 0.409 e. The third-order valence-electron chi connectivity index (χ3n) is 5.17. The van der Waals surface area contributed by atoms with Crippen molar-refractivity contribution in [3.63, 3.8) is 0 Å². The van der Waals surface area contributed by atoms with Gasteiger partial charge in [0.15, 0.2) is 0 Å². The predicted molar refractivity (Wildman–Crippen MR) is 109 cm³/mol. The number of carbonyl (C=O) groups is 2. The molecule has 3 rings (SSSR count). The monoisotopic (exact) mass is 380 g/mol. The Kier molecular flexibility index (Phi) is 6.69. The second-order valence-electron chi connectivity index (χ2n) is 7.22. The molecule has 1 heterocycles. The van der Waals surface area contributed by atoms with Crippen molar-refractivity contribution in [3.05, 3.63) is 71.8 Å². The molecule has 148 valence electrons. The summed E-state index contributed by atoms with van der Waals surface area (Å²) in [5.41, 5.74) is 2.31. The second kappa shape index (κ2) is 9.40. The second-order valence-corrected chi connectivity index (χ2v) is 7.22. The summed E-state index contributed by atoms with van der Waals surface area (Å²) in [5, 5.41) is 0. The van der Waals surface area contributed by atoms with Crippen molar-refractivity contribution in [1.82, 2.24) is 9.80 Å². The van der Waals surface area contributed by atoms with Gasteiger partial charge in [-0.1, -0.05) is 60.7 Å². The quantitative estimate of drug-likeness (QED) is 0.797. The summed E-state index contributed by atoms with van der Waals surface area (Å²) < 4.78 is 5.26. The summed E-state index contributed by atoms with van der Waals surface area (Å²) in [6, 6.07) is 20.1. The van der Waals surface area contributed by atoms with Crippen LogP contribution in [0.2, 0.25) is 0 Å². The molecular weight excluding hydrogens is 352 g/mol. The lowest BCUT2D eigenvalue weighted by molar-refractivity contribution is -0.137. The Labute approximate surface area is 166 Å². The molecular formula is C23H28N2O3. The van der Waals surface area contributed by atoms with Crippen LogP contribution in [0.15, 0.2) is 60.7 Å². The minimum atomic E-state index is -0.304. The minimum absolute atomic E-state index is 0.0466. The number of benzene rings is 2. The fraction of sp³-hybridized carbons (Fsp3) is 0.391. The molecule has 1 aliphatic heterocycles. The van der Waals surface area contributed by atoms with Gasteiger partial charge in [-0.3, -0.25) is 4.79 Å². The van der Waals surface area contributed by atoms with Crippen LogP contribution in [0.3, 0.4) is 0 Å². The van der Waals surface area contributed by atoms with Gasteiger partial charge in [0.05, 0.1) is 18.7 Å². The van der Waals surface area contributed by atoms with Gasteiger partial charge in [0, 0.05) is 20.0 Å². The first-order chi connectivity index (χ1) is 13.6. The van der Waals surface area contributed by atoms with Gasteiger partial charge in [-0.25, -0.2) is 4.79 Å². The van der Waals surface area contributed by atoms with Gasteiger partial charge < -0.3 is 14.5 Å². The highest BCUT2D eigenvalue weighted by Gasteiger charge is 2.38. The smallest absolute Gasteiger partial charge is 0.409 e. The van der Waals surface area contributed by atoms with Crippen molar-refractivity contribution >= 4 is 12.0 Å². The molecule has 0 spiro atoms. The molecule has 2 aromatic carbocycles. The van der Waals surface area contributed by atoms with E-state index in [-0.39, 0.29) is 24.1 Å².